The fourth-order valence-corrected chi connectivity index (χ4v) is 1.28. The summed E-state index contributed by atoms with van der Waals surface area (Å²) in [5.41, 5.74) is 12.0. The third-order valence-electron chi connectivity index (χ3n) is 2.69. The van der Waals surface area contributed by atoms with Gasteiger partial charge in [0.1, 0.15) is 23.3 Å². The summed E-state index contributed by atoms with van der Waals surface area (Å²) in [6.07, 6.45) is -2.07. The van der Waals surface area contributed by atoms with Crippen molar-refractivity contribution in [3.05, 3.63) is 0 Å². The van der Waals surface area contributed by atoms with Crippen molar-refractivity contribution in [2.75, 3.05) is 6.61 Å². The molecule has 0 aliphatic carbocycles. The van der Waals surface area contributed by atoms with Gasteiger partial charge in [-0.15, -0.1) is 24.8 Å². The van der Waals surface area contributed by atoms with Crippen molar-refractivity contribution < 1.29 is 60.4 Å². The number of nitrogens with one attached hydrogen (secondary N) is 2. The van der Waals surface area contributed by atoms with Crippen LogP contribution in [-0.2, 0) is 28.6 Å². The quantitative estimate of drug-likeness (QED) is 0.149. The number of halogens is 3. The molecule has 0 spiro atoms. The molecule has 0 saturated carbocycles. The summed E-state index contributed by atoms with van der Waals surface area (Å²) in [4.78, 5) is 63.8. The van der Waals surface area contributed by atoms with Gasteiger partial charge in [0.05, 0.1) is 12.6 Å². The number of hydrogen-bond donors (Lipinski definition) is 7. The molecular formula is C24H53Cl3N6O10. The van der Waals surface area contributed by atoms with Gasteiger partial charge in [0.15, 0.2) is 0 Å². The number of carboxylic acid groups (broad SMARTS) is 1. The number of aliphatic carboxylic acids is 1. The minimum atomic E-state index is -2.82. The van der Waals surface area contributed by atoms with Gasteiger partial charge in [-0.1, -0.05) is 13.8 Å². The summed E-state index contributed by atoms with van der Waals surface area (Å²) >= 11 is 4.86. The van der Waals surface area contributed by atoms with Gasteiger partial charge in [0.2, 0.25) is 11.8 Å². The van der Waals surface area contributed by atoms with Crippen LogP contribution in [0.25, 0.3) is 0 Å². The molecule has 0 aliphatic rings. The second-order valence-electron chi connectivity index (χ2n) is 9.72. The number of alkyl carbamates (subject to hydrolysis) is 2. The first-order chi connectivity index (χ1) is 21.3. The van der Waals surface area contributed by atoms with E-state index in [0.717, 1.165) is 0 Å². The van der Waals surface area contributed by atoms with Gasteiger partial charge in [-0.2, -0.15) is 0 Å². The minimum Gasteiger partial charge on any atom is -0.480 e. The lowest BCUT2D eigenvalue weighted by atomic mass is 10.2. The molecule has 4 amide bonds. The van der Waals surface area contributed by atoms with E-state index in [4.69, 9.17) is 50.0 Å². The standard InChI is InChI=1S/C8H16N2O3.C8H15NO4.C5H9ClO2.C3H8N2O.2ClH.H3N/c1-5(6(9)11)10-7(12)13-8(2,3)4;1-5(6(10)11)9-7(12)13-8(2,3)4;1-4(2)3-8-5(6)7;1-2(4)3(5)6;;;/h5H,1-4H3,(H2,9,11)(H,10,12);5H,1-4H3,(H,9,12)(H,10,11);4H,3H2,1-2H3;2H,4H2,1H3,(H2,5,6);2*1H;1H3/t2*5-;;2-;;;/m00.0.../s1/i2*1D3;;1D3;;;. The van der Waals surface area contributed by atoms with Crippen molar-refractivity contribution in [1.29, 1.82) is 0 Å². The van der Waals surface area contributed by atoms with Crippen LogP contribution in [0.1, 0.15) is 88.3 Å². The number of carbonyl (C=O) groups is 6. The number of amides is 4. The first-order valence-corrected chi connectivity index (χ1v) is 11.6. The Morgan fingerprint density at radius 1 is 0.814 bits per heavy atom. The Bertz CT molecular complexity index is 1050. The highest BCUT2D eigenvalue weighted by atomic mass is 35.5. The highest BCUT2D eigenvalue weighted by Crippen LogP contribution is 2.07. The average Bonchev–Trinajstić information content (AvgIpc) is 2.80. The molecule has 0 aromatic carbocycles. The smallest absolute Gasteiger partial charge is 0.408 e. The zero-order valence-electron chi connectivity index (χ0n) is 34.3. The largest absolute Gasteiger partial charge is 0.480 e. The van der Waals surface area contributed by atoms with Crippen molar-refractivity contribution in [2.45, 2.75) is 105 Å². The number of hydrogen-bond acceptors (Lipinski definition) is 11. The fraction of sp³-hybridized carbons (Fsp3) is 0.750. The van der Waals surface area contributed by atoms with Crippen LogP contribution in [0.4, 0.5) is 14.4 Å². The Morgan fingerprint density at radius 3 is 1.35 bits per heavy atom. The molecule has 0 aliphatic heterocycles. The van der Waals surface area contributed by atoms with Gasteiger partial charge in [0, 0.05) is 23.9 Å². The molecule has 0 rings (SSSR count). The van der Waals surface area contributed by atoms with Gasteiger partial charge in [-0.05, 0) is 68.0 Å². The predicted octanol–water partition coefficient (Wildman–Crippen LogP) is 3.21. The summed E-state index contributed by atoms with van der Waals surface area (Å²) in [5, 5.41) is 12.3. The SMILES string of the molecule is CC(C)COC(=O)Cl.Cl.Cl.N.[2H]C([2H])([2H])[C@H](N)C(N)=O.[2H]C([2H])([2H])[C@H](NC(=O)OC(C)(C)C)C(=O)O.[2H]C([2H])([2H])[C@H](NC(=O)OC(C)(C)C)C(N)=O. The average molecular weight is 701 g/mol. The summed E-state index contributed by atoms with van der Waals surface area (Å²) in [5.74, 6) is -3.41. The van der Waals surface area contributed by atoms with E-state index in [9.17, 15) is 28.8 Å². The summed E-state index contributed by atoms with van der Waals surface area (Å²) in [7, 11) is 0. The highest BCUT2D eigenvalue weighted by Gasteiger charge is 2.20. The lowest BCUT2D eigenvalue weighted by molar-refractivity contribution is -0.139. The number of carboxylic acids is 1. The van der Waals surface area contributed by atoms with E-state index in [-0.39, 0.29) is 31.0 Å². The Hall–Kier alpha value is -2.79. The highest BCUT2D eigenvalue weighted by molar-refractivity contribution is 6.61. The van der Waals surface area contributed by atoms with Crippen LogP contribution in [0.15, 0.2) is 0 Å². The summed E-state index contributed by atoms with van der Waals surface area (Å²) in [6, 6.07) is -5.26. The maximum Gasteiger partial charge on any atom is 0.408 e. The van der Waals surface area contributed by atoms with Crippen molar-refractivity contribution in [1.82, 2.24) is 16.8 Å². The van der Waals surface area contributed by atoms with Crippen LogP contribution in [0.5, 0.6) is 0 Å². The number of ether oxygens (including phenoxy) is 3. The van der Waals surface area contributed by atoms with Gasteiger partial charge in [-0.3, -0.25) is 14.4 Å². The molecule has 3 atom stereocenters. The minimum absolute atomic E-state index is 0. The molecule has 0 aromatic rings. The molecule has 0 heterocycles. The Labute approximate surface area is 284 Å². The van der Waals surface area contributed by atoms with Gasteiger partial charge in [0.25, 0.3) is 0 Å². The third-order valence-corrected chi connectivity index (χ3v) is 2.80. The Balaban J connectivity index is -0.000000106. The van der Waals surface area contributed by atoms with E-state index in [1.165, 1.54) is 0 Å². The molecule has 43 heavy (non-hydrogen) atoms. The molecule has 0 fully saturated rings. The van der Waals surface area contributed by atoms with Crippen LogP contribution in [0, 0.1) is 5.92 Å². The number of nitrogens with two attached hydrogens (primary N) is 3. The predicted molar refractivity (Wildman–Crippen MR) is 169 cm³/mol. The van der Waals surface area contributed by atoms with Gasteiger partial charge < -0.3 is 53.3 Å². The van der Waals surface area contributed by atoms with E-state index in [2.05, 4.69) is 10.5 Å². The van der Waals surface area contributed by atoms with Crippen molar-refractivity contribution in [3.8, 4) is 0 Å². The summed E-state index contributed by atoms with van der Waals surface area (Å²) in [6.45, 7) is 5.90. The second-order valence-corrected chi connectivity index (χ2v) is 10.0. The molecular weight excluding hydrogens is 639 g/mol. The number of primary amides is 2. The van der Waals surface area contributed by atoms with Crippen molar-refractivity contribution in [3.63, 3.8) is 0 Å². The lowest BCUT2D eigenvalue weighted by Gasteiger charge is -2.20. The molecule has 16 nitrogen and oxygen atoms in total. The third kappa shape index (κ3) is 52.3. The zero-order valence-corrected chi connectivity index (χ0v) is 27.7. The first-order valence-electron chi connectivity index (χ1n) is 15.7. The normalized spacial score (nSPS) is 15.7. The Kier molecular flexibility index (Phi) is 22.6. The van der Waals surface area contributed by atoms with E-state index < -0.39 is 85.3 Å². The molecule has 0 radical (unpaired) electrons. The molecule has 0 unspecified atom stereocenters. The maximum atomic E-state index is 11.2. The number of carbonyl (C=O) groups excluding carboxylic acids is 5. The van der Waals surface area contributed by atoms with E-state index >= 15 is 0 Å². The first kappa shape index (κ1) is 34.7. The summed E-state index contributed by atoms with van der Waals surface area (Å²) < 4.78 is 75.5. The topological polar surface area (TPSA) is 287 Å². The van der Waals surface area contributed by atoms with E-state index in [1.54, 1.807) is 46.9 Å². The number of rotatable bonds is 7. The van der Waals surface area contributed by atoms with Crippen LogP contribution in [0.3, 0.4) is 0 Å². The second kappa shape index (κ2) is 28.0. The lowest BCUT2D eigenvalue weighted by Crippen LogP contribution is -2.44. The van der Waals surface area contributed by atoms with E-state index in [0.29, 0.717) is 12.5 Å². The van der Waals surface area contributed by atoms with Crippen LogP contribution < -0.4 is 34.0 Å². The molecule has 12 N–H and O–H groups in total. The Morgan fingerprint density at radius 2 is 1.19 bits per heavy atom. The fourth-order valence-electron chi connectivity index (χ4n) is 1.22. The van der Waals surface area contributed by atoms with Crippen LogP contribution in [0.2, 0.25) is 0 Å². The molecule has 260 valence electrons. The van der Waals surface area contributed by atoms with E-state index in [1.807, 2.05) is 19.2 Å². The molecule has 0 bridgehead atoms. The monoisotopic (exact) mass is 699 g/mol. The molecule has 19 heteroatoms. The van der Waals surface area contributed by atoms with Crippen LogP contribution in [-0.4, -0.2) is 76.4 Å². The van der Waals surface area contributed by atoms with Crippen LogP contribution >= 0.6 is 36.4 Å². The molecule has 0 aromatic heterocycles. The van der Waals surface area contributed by atoms with Gasteiger partial charge in [-0.25, -0.2) is 14.4 Å². The van der Waals surface area contributed by atoms with Gasteiger partial charge >= 0.3 is 23.6 Å². The molecule has 0 saturated heterocycles. The van der Waals surface area contributed by atoms with Crippen molar-refractivity contribution in [2.24, 2.45) is 23.1 Å². The van der Waals surface area contributed by atoms with Crippen molar-refractivity contribution >= 4 is 71.8 Å². The maximum absolute atomic E-state index is 11.2. The zero-order chi connectivity index (χ0) is 40.5.